The van der Waals surface area contributed by atoms with Crippen molar-refractivity contribution in [3.63, 3.8) is 0 Å². The highest BCUT2D eigenvalue weighted by atomic mass is 16.5. The lowest BCUT2D eigenvalue weighted by atomic mass is 9.81. The zero-order chi connectivity index (χ0) is 11.1. The summed E-state index contributed by atoms with van der Waals surface area (Å²) in [7, 11) is 0. The summed E-state index contributed by atoms with van der Waals surface area (Å²) >= 11 is 0. The maximum Gasteiger partial charge on any atom is 0.0741 e. The van der Waals surface area contributed by atoms with Crippen molar-refractivity contribution in [2.24, 2.45) is 11.8 Å². The molecular weight excluding hydrogens is 188 g/mol. The van der Waals surface area contributed by atoms with Crippen molar-refractivity contribution in [1.82, 2.24) is 5.43 Å². The van der Waals surface area contributed by atoms with Gasteiger partial charge in [-0.25, -0.2) is 0 Å². The summed E-state index contributed by atoms with van der Waals surface area (Å²) < 4.78 is 5.75. The monoisotopic (exact) mass is 214 g/mol. The molecule has 0 saturated heterocycles. The molecule has 3 N–H and O–H groups in total. The predicted octanol–water partition coefficient (Wildman–Crippen LogP) is 2.21. The summed E-state index contributed by atoms with van der Waals surface area (Å²) in [6, 6.07) is 0.343. The molecule has 0 spiro atoms. The Kier molecular flexibility index (Phi) is 6.22. The van der Waals surface area contributed by atoms with Crippen molar-refractivity contribution in [2.45, 2.75) is 64.5 Å². The van der Waals surface area contributed by atoms with E-state index in [0.29, 0.717) is 12.0 Å². The van der Waals surface area contributed by atoms with Gasteiger partial charge in [0.2, 0.25) is 0 Å². The van der Waals surface area contributed by atoms with Crippen LogP contribution in [0.1, 0.15) is 52.4 Å². The first-order valence-electron chi connectivity index (χ1n) is 6.41. The molecule has 2 unspecified atom stereocenters. The van der Waals surface area contributed by atoms with Gasteiger partial charge in [-0.05, 0) is 32.1 Å². The quantitative estimate of drug-likeness (QED) is 0.526. The number of ether oxygens (including phenoxy) is 1. The van der Waals surface area contributed by atoms with E-state index in [0.717, 1.165) is 13.0 Å². The van der Waals surface area contributed by atoms with Crippen LogP contribution in [0.4, 0.5) is 0 Å². The van der Waals surface area contributed by atoms with E-state index in [4.69, 9.17) is 10.6 Å². The first-order valence-corrected chi connectivity index (χ1v) is 6.41. The molecule has 1 saturated carbocycles. The zero-order valence-electron chi connectivity index (χ0n) is 10.2. The highest BCUT2D eigenvalue weighted by Gasteiger charge is 2.29. The molecule has 0 aromatic heterocycles. The van der Waals surface area contributed by atoms with Crippen LogP contribution in [0.2, 0.25) is 0 Å². The first kappa shape index (κ1) is 12.9. The Morgan fingerprint density at radius 2 is 1.93 bits per heavy atom. The van der Waals surface area contributed by atoms with E-state index in [1.807, 2.05) is 0 Å². The number of nitrogens with one attached hydrogen (secondary N) is 1. The van der Waals surface area contributed by atoms with E-state index < -0.39 is 0 Å². The Labute approximate surface area is 93.7 Å². The second-order valence-corrected chi connectivity index (χ2v) is 4.49. The second-order valence-electron chi connectivity index (χ2n) is 4.49. The van der Waals surface area contributed by atoms with Crippen LogP contribution >= 0.6 is 0 Å². The lowest BCUT2D eigenvalue weighted by molar-refractivity contribution is 0.00925. The Hall–Kier alpha value is -0.120. The van der Waals surface area contributed by atoms with E-state index in [1.165, 1.54) is 32.1 Å². The molecule has 1 aliphatic rings. The molecule has 0 bridgehead atoms. The Morgan fingerprint density at radius 1 is 1.27 bits per heavy atom. The maximum atomic E-state index is 5.75. The lowest BCUT2D eigenvalue weighted by Crippen LogP contribution is -2.50. The highest BCUT2D eigenvalue weighted by Crippen LogP contribution is 2.28. The SMILES string of the molecule is CCOC(CC)C(NN)C1CCCCC1. The molecular formula is C12H26N2O. The summed E-state index contributed by atoms with van der Waals surface area (Å²) in [5.41, 5.74) is 2.98. The van der Waals surface area contributed by atoms with Crippen LogP contribution < -0.4 is 11.3 Å². The van der Waals surface area contributed by atoms with Crippen molar-refractivity contribution < 1.29 is 4.74 Å². The lowest BCUT2D eigenvalue weighted by Gasteiger charge is -2.34. The van der Waals surface area contributed by atoms with Crippen LogP contribution in [0.15, 0.2) is 0 Å². The normalized spacial score (nSPS) is 22.6. The molecule has 3 heteroatoms. The van der Waals surface area contributed by atoms with E-state index in [9.17, 15) is 0 Å². The molecule has 3 nitrogen and oxygen atoms in total. The average Bonchev–Trinajstić information content (AvgIpc) is 2.30. The van der Waals surface area contributed by atoms with Gasteiger partial charge in [0.15, 0.2) is 0 Å². The third-order valence-electron chi connectivity index (χ3n) is 3.53. The third-order valence-corrected chi connectivity index (χ3v) is 3.53. The molecule has 0 heterocycles. The molecule has 0 aromatic rings. The van der Waals surface area contributed by atoms with E-state index >= 15 is 0 Å². The van der Waals surface area contributed by atoms with Gasteiger partial charge in [-0.15, -0.1) is 0 Å². The van der Waals surface area contributed by atoms with Gasteiger partial charge >= 0.3 is 0 Å². The molecule has 2 atom stereocenters. The molecule has 1 aliphatic carbocycles. The van der Waals surface area contributed by atoms with Crippen LogP contribution in [0.25, 0.3) is 0 Å². The molecule has 90 valence electrons. The average molecular weight is 214 g/mol. The van der Waals surface area contributed by atoms with Gasteiger partial charge in [-0.1, -0.05) is 26.2 Å². The second kappa shape index (κ2) is 7.20. The Bertz CT molecular complexity index is 153. The van der Waals surface area contributed by atoms with Crippen molar-refractivity contribution in [2.75, 3.05) is 6.61 Å². The largest absolute Gasteiger partial charge is 0.377 e. The number of hydrogen-bond donors (Lipinski definition) is 2. The van der Waals surface area contributed by atoms with Crippen molar-refractivity contribution in [3.05, 3.63) is 0 Å². The highest BCUT2D eigenvalue weighted by molar-refractivity contribution is 4.83. The minimum atomic E-state index is 0.281. The van der Waals surface area contributed by atoms with Crippen molar-refractivity contribution >= 4 is 0 Å². The van der Waals surface area contributed by atoms with Crippen molar-refractivity contribution in [3.8, 4) is 0 Å². The molecule has 0 aliphatic heterocycles. The van der Waals surface area contributed by atoms with E-state index in [1.54, 1.807) is 0 Å². The van der Waals surface area contributed by atoms with Gasteiger partial charge in [0.25, 0.3) is 0 Å². The van der Waals surface area contributed by atoms with Gasteiger partial charge in [-0.2, -0.15) is 0 Å². The predicted molar refractivity (Wildman–Crippen MR) is 63.4 cm³/mol. The van der Waals surface area contributed by atoms with Gasteiger partial charge < -0.3 is 4.74 Å². The summed E-state index contributed by atoms with van der Waals surface area (Å²) in [5.74, 6) is 6.39. The Morgan fingerprint density at radius 3 is 2.40 bits per heavy atom. The van der Waals surface area contributed by atoms with Gasteiger partial charge in [0.05, 0.1) is 12.1 Å². The van der Waals surface area contributed by atoms with Gasteiger partial charge in [-0.3, -0.25) is 11.3 Å². The fraction of sp³-hybridized carbons (Fsp3) is 1.00. The topological polar surface area (TPSA) is 47.3 Å². The minimum Gasteiger partial charge on any atom is -0.377 e. The van der Waals surface area contributed by atoms with Crippen LogP contribution in [-0.2, 0) is 4.74 Å². The molecule has 0 aromatic carbocycles. The fourth-order valence-corrected chi connectivity index (χ4v) is 2.73. The minimum absolute atomic E-state index is 0.281. The van der Waals surface area contributed by atoms with Gasteiger partial charge in [0.1, 0.15) is 0 Å². The number of rotatable bonds is 6. The number of hydrazine groups is 1. The fourth-order valence-electron chi connectivity index (χ4n) is 2.73. The standard InChI is InChI=1S/C12H26N2O/c1-3-11(15-4-2)12(14-13)10-8-6-5-7-9-10/h10-12,14H,3-9,13H2,1-2H3. The van der Waals surface area contributed by atoms with Crippen LogP contribution in [0.5, 0.6) is 0 Å². The zero-order valence-corrected chi connectivity index (χ0v) is 10.2. The third kappa shape index (κ3) is 3.74. The first-order chi connectivity index (χ1) is 7.33. The molecule has 15 heavy (non-hydrogen) atoms. The molecule has 1 fully saturated rings. The van der Waals surface area contributed by atoms with Crippen LogP contribution in [-0.4, -0.2) is 18.8 Å². The molecule has 0 radical (unpaired) electrons. The van der Waals surface area contributed by atoms with Crippen LogP contribution in [0.3, 0.4) is 0 Å². The van der Waals surface area contributed by atoms with Gasteiger partial charge in [0, 0.05) is 6.61 Å². The summed E-state index contributed by atoms with van der Waals surface area (Å²) in [6.07, 6.45) is 8.02. The molecule has 0 amide bonds. The molecule has 1 rings (SSSR count). The Balaban J connectivity index is 2.50. The number of hydrogen-bond acceptors (Lipinski definition) is 3. The van der Waals surface area contributed by atoms with E-state index in [-0.39, 0.29) is 6.10 Å². The summed E-state index contributed by atoms with van der Waals surface area (Å²) in [6.45, 7) is 5.01. The van der Waals surface area contributed by atoms with Crippen LogP contribution in [0, 0.1) is 5.92 Å². The number of nitrogens with two attached hydrogens (primary N) is 1. The van der Waals surface area contributed by atoms with Crippen molar-refractivity contribution in [1.29, 1.82) is 0 Å². The van der Waals surface area contributed by atoms with E-state index in [2.05, 4.69) is 19.3 Å². The summed E-state index contributed by atoms with van der Waals surface area (Å²) in [5, 5.41) is 0. The maximum absolute atomic E-state index is 5.75. The smallest absolute Gasteiger partial charge is 0.0741 e. The summed E-state index contributed by atoms with van der Waals surface area (Å²) in [4.78, 5) is 0.